The molecule has 0 aliphatic carbocycles. The fourth-order valence-electron chi connectivity index (χ4n) is 6.30. The Morgan fingerprint density at radius 1 is 0.957 bits per heavy atom. The van der Waals surface area contributed by atoms with Crippen LogP contribution in [0.1, 0.15) is 60.1 Å². The molecule has 0 bridgehead atoms. The number of hydrogen-bond acceptors (Lipinski definition) is 10. The van der Waals surface area contributed by atoms with Crippen LogP contribution in [0.25, 0.3) is 11.2 Å². The van der Waals surface area contributed by atoms with Crippen LogP contribution in [0.5, 0.6) is 0 Å². The Morgan fingerprint density at radius 3 is 2.30 bits per heavy atom. The fourth-order valence-corrected chi connectivity index (χ4v) is 6.30. The van der Waals surface area contributed by atoms with E-state index in [1.54, 1.807) is 6.92 Å². The number of anilines is 1. The van der Waals surface area contributed by atoms with E-state index in [0.717, 1.165) is 37.2 Å². The van der Waals surface area contributed by atoms with Gasteiger partial charge in [0, 0.05) is 25.6 Å². The number of aromatic nitrogens is 4. The molecule has 13 nitrogen and oxygen atoms in total. The van der Waals surface area contributed by atoms with Gasteiger partial charge < -0.3 is 35.8 Å². The molecule has 248 valence electrons. The molecule has 2 aromatic heterocycles. The number of aliphatic hydroxyl groups is 2. The van der Waals surface area contributed by atoms with Crippen molar-refractivity contribution in [2.24, 2.45) is 0 Å². The second-order valence-electron chi connectivity index (χ2n) is 12.0. The van der Waals surface area contributed by atoms with E-state index < -0.39 is 36.4 Å². The molecule has 4 atom stereocenters. The monoisotopic (exact) mass is 642 g/mol. The molecule has 0 spiro atoms. The summed E-state index contributed by atoms with van der Waals surface area (Å²) >= 11 is 0. The van der Waals surface area contributed by atoms with Crippen LogP contribution in [-0.4, -0.2) is 104 Å². The number of likely N-dealkylation sites (N-methyl/N-ethyl adjacent to an activating group) is 1. The van der Waals surface area contributed by atoms with Gasteiger partial charge in [-0.1, -0.05) is 60.7 Å². The maximum atomic E-state index is 13.4. The maximum Gasteiger partial charge on any atom is 0.289 e. The number of carbonyl (C=O) groups is 2. The van der Waals surface area contributed by atoms with E-state index >= 15 is 0 Å². The number of rotatable bonds is 13. The van der Waals surface area contributed by atoms with Gasteiger partial charge in [-0.3, -0.25) is 14.2 Å². The van der Waals surface area contributed by atoms with Crippen molar-refractivity contribution in [2.75, 3.05) is 44.6 Å². The van der Waals surface area contributed by atoms with Crippen LogP contribution in [0.15, 0.2) is 67.0 Å². The van der Waals surface area contributed by atoms with Gasteiger partial charge in [0.05, 0.1) is 6.33 Å². The van der Waals surface area contributed by atoms with Crippen molar-refractivity contribution in [3.8, 4) is 0 Å². The third kappa shape index (κ3) is 7.28. The number of hydrogen-bond donors (Lipinski definition) is 5. The van der Waals surface area contributed by atoms with Crippen molar-refractivity contribution < 1.29 is 24.5 Å². The summed E-state index contributed by atoms with van der Waals surface area (Å²) in [4.78, 5) is 42.1. The van der Waals surface area contributed by atoms with Crippen LogP contribution in [0.2, 0.25) is 0 Å². The highest BCUT2D eigenvalue weighted by Gasteiger charge is 2.47. The normalized spacial score (nSPS) is 21.4. The number of aliphatic hydroxyl groups excluding tert-OH is 2. The summed E-state index contributed by atoms with van der Waals surface area (Å²) in [6.45, 7) is 6.08. The lowest BCUT2D eigenvalue weighted by atomic mass is 9.91. The first kappa shape index (κ1) is 32.5. The molecule has 4 aromatic rings. The first-order chi connectivity index (χ1) is 22.9. The first-order valence-corrected chi connectivity index (χ1v) is 16.3. The number of ether oxygens (including phenoxy) is 1. The molecule has 2 amide bonds. The number of likely N-dealkylation sites (tertiary alicyclic amines) is 1. The third-order valence-corrected chi connectivity index (χ3v) is 8.76. The van der Waals surface area contributed by atoms with Crippen LogP contribution in [0, 0.1) is 0 Å². The van der Waals surface area contributed by atoms with Crippen LogP contribution in [0.3, 0.4) is 0 Å². The predicted octanol–water partition coefficient (Wildman–Crippen LogP) is 2.04. The molecule has 6 rings (SSSR count). The largest absolute Gasteiger partial charge is 0.387 e. The smallest absolute Gasteiger partial charge is 0.289 e. The minimum absolute atomic E-state index is 0.0414. The highest BCUT2D eigenvalue weighted by atomic mass is 16.6. The van der Waals surface area contributed by atoms with Crippen molar-refractivity contribution in [3.63, 3.8) is 0 Å². The lowest BCUT2D eigenvalue weighted by molar-refractivity contribution is -0.137. The summed E-state index contributed by atoms with van der Waals surface area (Å²) in [6, 6.07) is 20.2. The summed E-state index contributed by atoms with van der Waals surface area (Å²) < 4.78 is 7.30. The minimum Gasteiger partial charge on any atom is -0.387 e. The minimum atomic E-state index is -1.47. The zero-order valence-corrected chi connectivity index (χ0v) is 26.5. The molecule has 2 fully saturated rings. The maximum absolute atomic E-state index is 13.4. The quantitative estimate of drug-likeness (QED) is 0.136. The van der Waals surface area contributed by atoms with E-state index in [1.165, 1.54) is 23.7 Å². The lowest BCUT2D eigenvalue weighted by Crippen LogP contribution is -2.42. The molecule has 2 saturated heterocycles. The average Bonchev–Trinajstić information content (AvgIpc) is 3.84. The Morgan fingerprint density at radius 2 is 1.64 bits per heavy atom. The summed E-state index contributed by atoms with van der Waals surface area (Å²) in [5, 5.41) is 30.6. The van der Waals surface area contributed by atoms with Gasteiger partial charge in [0.15, 0.2) is 29.3 Å². The third-order valence-electron chi connectivity index (χ3n) is 8.76. The van der Waals surface area contributed by atoms with Crippen LogP contribution >= 0.6 is 0 Å². The zero-order chi connectivity index (χ0) is 32.8. The van der Waals surface area contributed by atoms with Gasteiger partial charge in [0.2, 0.25) is 5.82 Å². The number of amides is 2. The number of carbonyl (C=O) groups excluding carboxylic acids is 2. The first-order valence-electron chi connectivity index (χ1n) is 16.3. The van der Waals surface area contributed by atoms with E-state index in [9.17, 15) is 19.8 Å². The van der Waals surface area contributed by atoms with Crippen LogP contribution in [0.4, 0.5) is 5.82 Å². The molecule has 0 unspecified atom stereocenters. The number of imidazole rings is 1. The second-order valence-corrected chi connectivity index (χ2v) is 12.0. The van der Waals surface area contributed by atoms with E-state index in [2.05, 4.69) is 60.1 Å². The van der Waals surface area contributed by atoms with Crippen molar-refractivity contribution in [1.29, 1.82) is 0 Å². The van der Waals surface area contributed by atoms with Gasteiger partial charge in [-0.2, -0.15) is 0 Å². The summed E-state index contributed by atoms with van der Waals surface area (Å²) in [5.41, 5.74) is 2.77. The van der Waals surface area contributed by atoms with E-state index in [1.807, 2.05) is 36.4 Å². The average molecular weight is 643 g/mol. The molecule has 4 heterocycles. The second kappa shape index (κ2) is 15.0. The topological polar surface area (TPSA) is 167 Å². The lowest BCUT2D eigenvalue weighted by Gasteiger charge is -2.20. The van der Waals surface area contributed by atoms with E-state index in [0.29, 0.717) is 31.0 Å². The Kier molecular flexibility index (Phi) is 10.4. The van der Waals surface area contributed by atoms with Crippen molar-refractivity contribution in [3.05, 3.63) is 83.9 Å². The van der Waals surface area contributed by atoms with Crippen molar-refractivity contribution >= 4 is 28.8 Å². The Hall–Kier alpha value is -4.43. The van der Waals surface area contributed by atoms with Gasteiger partial charge in [-0.25, -0.2) is 15.0 Å². The standard InChI is InChI=1S/C34H42N8O5/c1-2-35-32(45)28-26(43)27(44)34(47-28)42-21-38-25-29(37-20-24(22-12-5-3-6-13-22)23-14-7-4-8-15-23)39-30(40-31(25)42)33(46)36-16-11-19-41-17-9-10-18-41/h3-8,12-15,21,24,26-28,34,43-44H,2,9-11,16-20H2,1H3,(H,35,45)(H,36,46)(H,37,39,40)/t26-,27+,28-,34+/m0/s1. The van der Waals surface area contributed by atoms with Crippen molar-refractivity contribution in [1.82, 2.24) is 35.1 Å². The highest BCUT2D eigenvalue weighted by molar-refractivity contribution is 5.94. The van der Waals surface area contributed by atoms with Crippen LogP contribution in [-0.2, 0) is 9.53 Å². The molecule has 13 heteroatoms. The Bertz CT molecular complexity index is 1610. The highest BCUT2D eigenvalue weighted by Crippen LogP contribution is 2.33. The molecule has 5 N–H and O–H groups in total. The number of benzene rings is 2. The van der Waals surface area contributed by atoms with Gasteiger partial charge in [0.25, 0.3) is 11.8 Å². The van der Waals surface area contributed by atoms with Gasteiger partial charge in [0.1, 0.15) is 12.2 Å². The van der Waals surface area contributed by atoms with E-state index in [-0.39, 0.29) is 17.4 Å². The zero-order valence-electron chi connectivity index (χ0n) is 26.5. The molecular formula is C34H42N8O5. The summed E-state index contributed by atoms with van der Waals surface area (Å²) in [6.07, 6.45) is -0.762. The molecule has 47 heavy (non-hydrogen) atoms. The number of fused-ring (bicyclic) bond motifs is 1. The molecular weight excluding hydrogens is 600 g/mol. The predicted molar refractivity (Wildman–Crippen MR) is 176 cm³/mol. The fraction of sp³-hybridized carbons (Fsp3) is 0.441. The Balaban J connectivity index is 1.30. The molecule has 2 aromatic carbocycles. The Labute approximate surface area is 273 Å². The molecule has 2 aliphatic heterocycles. The number of nitrogens with zero attached hydrogens (tertiary/aromatic N) is 5. The summed E-state index contributed by atoms with van der Waals surface area (Å²) in [7, 11) is 0. The molecule has 2 aliphatic rings. The molecule has 0 radical (unpaired) electrons. The van der Waals surface area contributed by atoms with Gasteiger partial charge >= 0.3 is 0 Å². The SMILES string of the molecule is CCNC(=O)[C@H]1O[C@@H](n2cnc3c(NCC(c4ccccc4)c4ccccc4)nc(C(=O)NCCCN4CCCC4)nc32)[C@H](O)[C@@H]1O. The van der Waals surface area contributed by atoms with Gasteiger partial charge in [-0.15, -0.1) is 0 Å². The van der Waals surface area contributed by atoms with Gasteiger partial charge in [-0.05, 0) is 56.9 Å². The summed E-state index contributed by atoms with van der Waals surface area (Å²) in [5.74, 6) is -0.765. The van der Waals surface area contributed by atoms with E-state index in [4.69, 9.17) is 4.74 Å². The van der Waals surface area contributed by atoms with Crippen molar-refractivity contribution in [2.45, 2.75) is 56.6 Å². The number of nitrogens with one attached hydrogen (secondary N) is 3. The van der Waals surface area contributed by atoms with Crippen LogP contribution < -0.4 is 16.0 Å². The molecule has 0 saturated carbocycles.